The van der Waals surface area contributed by atoms with Crippen molar-refractivity contribution < 1.29 is 14.0 Å². The van der Waals surface area contributed by atoms with Crippen LogP contribution in [-0.2, 0) is 9.59 Å². The summed E-state index contributed by atoms with van der Waals surface area (Å²) in [6, 6.07) is 16.6. The van der Waals surface area contributed by atoms with Gasteiger partial charge in [0.15, 0.2) is 0 Å². The van der Waals surface area contributed by atoms with Crippen molar-refractivity contribution in [3.63, 3.8) is 0 Å². The molecule has 0 radical (unpaired) electrons. The first-order valence-electron chi connectivity index (χ1n) is 9.87. The molecular formula is C22H19FN6O2S2. The Bertz CT molecular complexity index is 1240. The van der Waals surface area contributed by atoms with Crippen molar-refractivity contribution in [1.82, 2.24) is 25.5 Å². The molecule has 168 valence electrons. The van der Waals surface area contributed by atoms with E-state index in [1.807, 2.05) is 17.5 Å². The fourth-order valence-corrected chi connectivity index (χ4v) is 4.62. The van der Waals surface area contributed by atoms with Crippen LogP contribution in [0.15, 0.2) is 71.2 Å². The first-order valence-corrected chi connectivity index (χ1v) is 11.7. The van der Waals surface area contributed by atoms with E-state index in [1.165, 1.54) is 46.8 Å². The number of anilines is 1. The second-order valence-corrected chi connectivity index (χ2v) is 8.88. The Hall–Kier alpha value is -3.57. The van der Waals surface area contributed by atoms with Crippen LogP contribution >= 0.6 is 23.1 Å². The van der Waals surface area contributed by atoms with E-state index in [0.717, 1.165) is 10.4 Å². The van der Waals surface area contributed by atoms with E-state index in [4.69, 9.17) is 0 Å². The molecule has 0 aliphatic heterocycles. The highest BCUT2D eigenvalue weighted by Crippen LogP contribution is 2.27. The number of benzene rings is 2. The van der Waals surface area contributed by atoms with Crippen LogP contribution in [0.4, 0.5) is 10.1 Å². The van der Waals surface area contributed by atoms with Crippen LogP contribution in [0, 0.1) is 5.82 Å². The van der Waals surface area contributed by atoms with Crippen molar-refractivity contribution in [2.24, 2.45) is 0 Å². The van der Waals surface area contributed by atoms with Crippen molar-refractivity contribution in [2.75, 3.05) is 11.1 Å². The third-order valence-corrected chi connectivity index (χ3v) is 6.38. The smallest absolute Gasteiger partial charge is 0.231 e. The van der Waals surface area contributed by atoms with E-state index in [0.29, 0.717) is 16.5 Å². The summed E-state index contributed by atoms with van der Waals surface area (Å²) in [6.07, 6.45) is 0. The predicted octanol–water partition coefficient (Wildman–Crippen LogP) is 3.82. The maximum Gasteiger partial charge on any atom is 0.231 e. The summed E-state index contributed by atoms with van der Waals surface area (Å²) in [5.41, 5.74) is 2.05. The van der Waals surface area contributed by atoms with Gasteiger partial charge in [0.25, 0.3) is 0 Å². The van der Waals surface area contributed by atoms with Gasteiger partial charge in [-0.2, -0.15) is 4.68 Å². The standard InChI is InChI=1S/C22H19FN6O2S2/c1-14(30)24-17-4-2-5-18(12-17)29-22(26-27-28-29)33-13-20(31)25-21(19-6-3-11-32-19)15-7-9-16(23)10-8-15/h2-12,21H,13H2,1H3,(H,24,30)(H,25,31). The fraction of sp³-hybridized carbons (Fsp3) is 0.136. The van der Waals surface area contributed by atoms with Gasteiger partial charge >= 0.3 is 0 Å². The van der Waals surface area contributed by atoms with E-state index in [9.17, 15) is 14.0 Å². The van der Waals surface area contributed by atoms with Crippen molar-refractivity contribution in [3.8, 4) is 5.69 Å². The molecule has 2 aromatic carbocycles. The molecule has 0 saturated heterocycles. The van der Waals surface area contributed by atoms with Crippen molar-refractivity contribution in [2.45, 2.75) is 18.1 Å². The summed E-state index contributed by atoms with van der Waals surface area (Å²) in [7, 11) is 0. The summed E-state index contributed by atoms with van der Waals surface area (Å²) in [5, 5.41) is 19.8. The van der Waals surface area contributed by atoms with Gasteiger partial charge in [-0.15, -0.1) is 16.4 Å². The molecule has 0 aliphatic rings. The lowest BCUT2D eigenvalue weighted by Gasteiger charge is -2.18. The second-order valence-electron chi connectivity index (χ2n) is 6.96. The van der Waals surface area contributed by atoms with E-state index in [1.54, 1.807) is 36.4 Å². The number of nitrogens with one attached hydrogen (secondary N) is 2. The van der Waals surface area contributed by atoms with Gasteiger partial charge in [0.2, 0.25) is 17.0 Å². The van der Waals surface area contributed by atoms with E-state index in [-0.39, 0.29) is 29.4 Å². The zero-order valence-electron chi connectivity index (χ0n) is 17.4. The van der Waals surface area contributed by atoms with Gasteiger partial charge in [0, 0.05) is 17.5 Å². The number of tetrazole rings is 1. The molecule has 2 N–H and O–H groups in total. The third kappa shape index (κ3) is 5.82. The number of rotatable bonds is 8. The highest BCUT2D eigenvalue weighted by atomic mass is 32.2. The molecule has 2 amide bonds. The normalized spacial score (nSPS) is 11.7. The number of carbonyl (C=O) groups is 2. The fourth-order valence-electron chi connectivity index (χ4n) is 3.11. The Morgan fingerprint density at radius 1 is 1.15 bits per heavy atom. The molecule has 33 heavy (non-hydrogen) atoms. The number of carbonyl (C=O) groups excluding carboxylic acids is 2. The highest BCUT2D eigenvalue weighted by Gasteiger charge is 2.19. The van der Waals surface area contributed by atoms with Crippen LogP contribution in [0.1, 0.15) is 23.4 Å². The van der Waals surface area contributed by atoms with Crippen molar-refractivity contribution in [1.29, 1.82) is 0 Å². The number of aromatic nitrogens is 4. The number of hydrogen-bond donors (Lipinski definition) is 2. The quantitative estimate of drug-likeness (QED) is 0.370. The minimum absolute atomic E-state index is 0.0782. The SMILES string of the molecule is CC(=O)Nc1cccc(-n2nnnc2SCC(=O)NC(c2ccc(F)cc2)c2cccs2)c1. The van der Waals surface area contributed by atoms with Gasteiger partial charge in [-0.3, -0.25) is 9.59 Å². The van der Waals surface area contributed by atoms with Crippen LogP contribution in [0.5, 0.6) is 0 Å². The summed E-state index contributed by atoms with van der Waals surface area (Å²) in [4.78, 5) is 25.0. The van der Waals surface area contributed by atoms with Crippen LogP contribution in [0.25, 0.3) is 5.69 Å². The maximum atomic E-state index is 13.4. The Morgan fingerprint density at radius 2 is 1.97 bits per heavy atom. The molecule has 11 heteroatoms. The second kappa shape index (κ2) is 10.4. The number of thiophene rings is 1. The summed E-state index contributed by atoms with van der Waals surface area (Å²) < 4.78 is 14.9. The molecule has 8 nitrogen and oxygen atoms in total. The van der Waals surface area contributed by atoms with Gasteiger partial charge in [0.1, 0.15) is 5.82 Å². The van der Waals surface area contributed by atoms with Crippen LogP contribution in [0.3, 0.4) is 0 Å². The molecule has 0 aliphatic carbocycles. The average molecular weight is 483 g/mol. The first kappa shape index (κ1) is 22.6. The molecule has 4 aromatic rings. The van der Waals surface area contributed by atoms with Gasteiger partial charge in [-0.05, 0) is 57.8 Å². The van der Waals surface area contributed by atoms with Gasteiger partial charge in [0.05, 0.1) is 17.5 Å². The predicted molar refractivity (Wildman–Crippen MR) is 125 cm³/mol. The Morgan fingerprint density at radius 3 is 2.70 bits per heavy atom. The van der Waals surface area contributed by atoms with Crippen molar-refractivity contribution in [3.05, 3.63) is 82.3 Å². The molecule has 0 spiro atoms. The van der Waals surface area contributed by atoms with Gasteiger partial charge in [-0.25, -0.2) is 4.39 Å². The number of halogens is 1. The van der Waals surface area contributed by atoms with E-state index >= 15 is 0 Å². The summed E-state index contributed by atoms with van der Waals surface area (Å²) in [5.74, 6) is -0.657. The number of thioether (sulfide) groups is 1. The topological polar surface area (TPSA) is 102 Å². The first-order chi connectivity index (χ1) is 16.0. The van der Waals surface area contributed by atoms with E-state index in [2.05, 4.69) is 26.2 Å². The maximum absolute atomic E-state index is 13.4. The monoisotopic (exact) mass is 482 g/mol. The molecule has 0 saturated carbocycles. The van der Waals surface area contributed by atoms with Crippen LogP contribution in [-0.4, -0.2) is 37.8 Å². The van der Waals surface area contributed by atoms with Crippen LogP contribution in [0.2, 0.25) is 0 Å². The molecule has 2 aromatic heterocycles. The molecule has 1 unspecified atom stereocenters. The van der Waals surface area contributed by atoms with Gasteiger partial charge in [-0.1, -0.05) is 36.0 Å². The lowest BCUT2D eigenvalue weighted by Crippen LogP contribution is -2.30. The Balaban J connectivity index is 1.46. The van der Waals surface area contributed by atoms with Crippen molar-refractivity contribution >= 4 is 40.6 Å². The number of hydrogen-bond acceptors (Lipinski definition) is 7. The zero-order chi connectivity index (χ0) is 23.2. The lowest BCUT2D eigenvalue weighted by atomic mass is 10.1. The lowest BCUT2D eigenvalue weighted by molar-refractivity contribution is -0.119. The Labute approximate surface area is 197 Å². The molecule has 2 heterocycles. The number of nitrogens with zero attached hydrogens (tertiary/aromatic N) is 4. The minimum Gasteiger partial charge on any atom is -0.344 e. The molecule has 0 bridgehead atoms. The number of amides is 2. The molecular weight excluding hydrogens is 463 g/mol. The van der Waals surface area contributed by atoms with E-state index < -0.39 is 0 Å². The zero-order valence-corrected chi connectivity index (χ0v) is 19.1. The molecule has 1 atom stereocenters. The summed E-state index contributed by atoms with van der Waals surface area (Å²) >= 11 is 2.70. The van der Waals surface area contributed by atoms with Gasteiger partial charge < -0.3 is 10.6 Å². The molecule has 4 rings (SSSR count). The summed E-state index contributed by atoms with van der Waals surface area (Å²) in [6.45, 7) is 1.43. The van der Waals surface area contributed by atoms with Crippen LogP contribution < -0.4 is 10.6 Å². The average Bonchev–Trinajstić information content (AvgIpc) is 3.49. The Kier molecular flexibility index (Phi) is 7.10. The highest BCUT2D eigenvalue weighted by molar-refractivity contribution is 7.99. The minimum atomic E-state index is -0.385. The third-order valence-electron chi connectivity index (χ3n) is 4.52. The molecule has 0 fully saturated rings. The largest absolute Gasteiger partial charge is 0.344 e.